The van der Waals surface area contributed by atoms with Crippen LogP contribution in [0.5, 0.6) is 0 Å². The number of aromatic nitrogens is 7. The van der Waals surface area contributed by atoms with Crippen LogP contribution in [-0.2, 0) is 6.54 Å². The molecular formula is C24H20N8O3. The van der Waals surface area contributed by atoms with E-state index in [1.807, 2.05) is 31.2 Å². The molecule has 11 nitrogen and oxygen atoms in total. The van der Waals surface area contributed by atoms with E-state index in [9.17, 15) is 9.59 Å². The Kier molecular flexibility index (Phi) is 5.63. The number of nitrogens with zero attached hydrogens (tertiary/aromatic N) is 6. The number of aryl methyl sites for hydroxylation is 1. The van der Waals surface area contributed by atoms with Crippen molar-refractivity contribution in [3.05, 3.63) is 95.1 Å². The summed E-state index contributed by atoms with van der Waals surface area (Å²) >= 11 is 0. The van der Waals surface area contributed by atoms with Gasteiger partial charge < -0.3 is 14.7 Å². The van der Waals surface area contributed by atoms with Gasteiger partial charge in [0.2, 0.25) is 0 Å². The van der Waals surface area contributed by atoms with Crippen LogP contribution < -0.4 is 10.9 Å². The van der Waals surface area contributed by atoms with Crippen LogP contribution in [0.25, 0.3) is 28.1 Å². The maximum absolute atomic E-state index is 12.9. The van der Waals surface area contributed by atoms with Crippen molar-refractivity contribution < 1.29 is 9.90 Å². The van der Waals surface area contributed by atoms with E-state index in [0.29, 0.717) is 11.5 Å². The summed E-state index contributed by atoms with van der Waals surface area (Å²) in [6.07, 6.45) is 3.81. The van der Waals surface area contributed by atoms with Crippen LogP contribution in [0, 0.1) is 6.92 Å². The molecule has 0 bridgehead atoms. The van der Waals surface area contributed by atoms with E-state index in [1.165, 1.54) is 6.33 Å². The van der Waals surface area contributed by atoms with Gasteiger partial charge in [-0.15, -0.1) is 5.10 Å². The highest BCUT2D eigenvalue weighted by atomic mass is 16.4. The highest BCUT2D eigenvalue weighted by Gasteiger charge is 2.11. The Balaban J connectivity index is 1.38. The number of pyridine rings is 1. The zero-order chi connectivity index (χ0) is 24.4. The van der Waals surface area contributed by atoms with Gasteiger partial charge in [0.25, 0.3) is 5.56 Å². The van der Waals surface area contributed by atoms with E-state index in [1.54, 1.807) is 52.0 Å². The fourth-order valence-corrected chi connectivity index (χ4v) is 3.77. The van der Waals surface area contributed by atoms with E-state index < -0.39 is 6.09 Å². The number of aromatic amines is 1. The SMILES string of the molecule is Cc1ccc(-n2cnnn2)c(-c2ccn(Cc3ncc(-c4ccc(NC(=O)O)cc4)[nH]3)c(=O)c2)c1. The summed E-state index contributed by atoms with van der Waals surface area (Å²) in [5.74, 6) is 0.618. The molecule has 1 amide bonds. The average molecular weight is 468 g/mol. The van der Waals surface area contributed by atoms with Crippen molar-refractivity contribution in [2.75, 3.05) is 5.32 Å². The Bertz CT molecular complexity index is 1550. The smallest absolute Gasteiger partial charge is 0.409 e. The number of carbonyl (C=O) groups is 1. The van der Waals surface area contributed by atoms with Gasteiger partial charge in [-0.3, -0.25) is 10.1 Å². The molecule has 2 aromatic carbocycles. The van der Waals surface area contributed by atoms with E-state index in [2.05, 4.69) is 30.8 Å². The second-order valence-electron chi connectivity index (χ2n) is 7.91. The van der Waals surface area contributed by atoms with Gasteiger partial charge >= 0.3 is 6.09 Å². The number of hydrogen-bond acceptors (Lipinski definition) is 6. The van der Waals surface area contributed by atoms with Crippen molar-refractivity contribution in [2.45, 2.75) is 13.5 Å². The molecule has 0 atom stereocenters. The van der Waals surface area contributed by atoms with Crippen LogP contribution in [0.1, 0.15) is 11.4 Å². The molecule has 3 N–H and O–H groups in total. The summed E-state index contributed by atoms with van der Waals surface area (Å²) in [4.78, 5) is 31.3. The van der Waals surface area contributed by atoms with Gasteiger partial charge in [-0.2, -0.15) is 4.68 Å². The summed E-state index contributed by atoms with van der Waals surface area (Å²) in [5.41, 5.74) is 5.35. The molecule has 0 radical (unpaired) electrons. The predicted octanol–water partition coefficient (Wildman–Crippen LogP) is 3.33. The highest BCUT2D eigenvalue weighted by molar-refractivity contribution is 5.83. The number of nitrogens with one attached hydrogen (secondary N) is 2. The third-order valence-corrected chi connectivity index (χ3v) is 5.45. The molecule has 3 heterocycles. The van der Waals surface area contributed by atoms with E-state index in [-0.39, 0.29) is 12.1 Å². The van der Waals surface area contributed by atoms with Crippen molar-refractivity contribution in [1.82, 2.24) is 34.7 Å². The number of amides is 1. The van der Waals surface area contributed by atoms with Crippen molar-refractivity contribution in [3.8, 4) is 28.1 Å². The number of H-pyrrole nitrogens is 1. The Morgan fingerprint density at radius 2 is 1.91 bits per heavy atom. The lowest BCUT2D eigenvalue weighted by molar-refractivity contribution is 0.209. The lowest BCUT2D eigenvalue weighted by atomic mass is 10.0. The number of anilines is 1. The minimum absolute atomic E-state index is 0.172. The topological polar surface area (TPSA) is 144 Å². The summed E-state index contributed by atoms with van der Waals surface area (Å²) in [5, 5.41) is 22.5. The van der Waals surface area contributed by atoms with Gasteiger partial charge in [0.05, 0.1) is 24.1 Å². The second-order valence-corrected chi connectivity index (χ2v) is 7.91. The Labute approximate surface area is 198 Å². The minimum atomic E-state index is -1.12. The molecule has 0 spiro atoms. The molecule has 35 heavy (non-hydrogen) atoms. The van der Waals surface area contributed by atoms with Crippen molar-refractivity contribution in [2.24, 2.45) is 0 Å². The van der Waals surface area contributed by atoms with Crippen LogP contribution in [0.3, 0.4) is 0 Å². The molecule has 0 aliphatic carbocycles. The average Bonchev–Trinajstić information content (AvgIpc) is 3.53. The van der Waals surface area contributed by atoms with Crippen molar-refractivity contribution >= 4 is 11.8 Å². The summed E-state index contributed by atoms with van der Waals surface area (Å²) in [7, 11) is 0. The molecule has 5 aromatic rings. The lowest BCUT2D eigenvalue weighted by Gasteiger charge is -2.11. The fourth-order valence-electron chi connectivity index (χ4n) is 3.77. The lowest BCUT2D eigenvalue weighted by Crippen LogP contribution is -2.19. The highest BCUT2D eigenvalue weighted by Crippen LogP contribution is 2.26. The first kappa shape index (κ1) is 21.8. The van der Waals surface area contributed by atoms with Crippen molar-refractivity contribution in [1.29, 1.82) is 0 Å². The third kappa shape index (κ3) is 4.69. The van der Waals surface area contributed by atoms with Crippen LogP contribution in [0.4, 0.5) is 10.5 Å². The van der Waals surface area contributed by atoms with E-state index >= 15 is 0 Å². The van der Waals surface area contributed by atoms with Crippen LogP contribution in [0.2, 0.25) is 0 Å². The van der Waals surface area contributed by atoms with E-state index in [0.717, 1.165) is 33.6 Å². The molecule has 0 unspecified atom stereocenters. The number of rotatable bonds is 6. The molecule has 5 rings (SSSR count). The van der Waals surface area contributed by atoms with E-state index in [4.69, 9.17) is 5.11 Å². The quantitative estimate of drug-likeness (QED) is 0.347. The first-order valence-electron chi connectivity index (χ1n) is 10.7. The largest absolute Gasteiger partial charge is 0.465 e. The molecule has 0 saturated carbocycles. The number of imidazole rings is 1. The Morgan fingerprint density at radius 3 is 2.63 bits per heavy atom. The first-order valence-corrected chi connectivity index (χ1v) is 10.7. The molecule has 174 valence electrons. The molecule has 0 aliphatic heterocycles. The van der Waals surface area contributed by atoms with Gasteiger partial charge in [-0.1, -0.05) is 23.8 Å². The molecule has 11 heteroatoms. The summed E-state index contributed by atoms with van der Waals surface area (Å²) in [6, 6.07) is 16.2. The van der Waals surface area contributed by atoms with Gasteiger partial charge in [0, 0.05) is 23.5 Å². The van der Waals surface area contributed by atoms with Crippen LogP contribution in [-0.4, -0.2) is 45.9 Å². The first-order chi connectivity index (χ1) is 17.0. The number of hydrogen-bond donors (Lipinski definition) is 3. The number of carboxylic acid groups (broad SMARTS) is 1. The summed E-state index contributed by atoms with van der Waals surface area (Å²) < 4.78 is 3.13. The number of tetrazole rings is 1. The Hall–Kier alpha value is -5.06. The standard InChI is InChI=1S/C24H20N8O3/c1-15-2-7-21(32-14-26-29-30-32)19(10-15)17-8-9-31(23(33)11-17)13-22-25-12-20(28-22)16-3-5-18(6-4-16)27-24(34)35/h2-12,14,27H,13H2,1H3,(H,25,28)(H,34,35). The summed E-state index contributed by atoms with van der Waals surface area (Å²) in [6.45, 7) is 2.25. The van der Waals surface area contributed by atoms with Gasteiger partial charge in [-0.25, -0.2) is 9.78 Å². The molecule has 3 aromatic heterocycles. The predicted molar refractivity (Wildman–Crippen MR) is 128 cm³/mol. The maximum atomic E-state index is 12.9. The monoisotopic (exact) mass is 468 g/mol. The minimum Gasteiger partial charge on any atom is -0.465 e. The third-order valence-electron chi connectivity index (χ3n) is 5.45. The zero-order valence-electron chi connectivity index (χ0n) is 18.6. The normalized spacial score (nSPS) is 10.9. The maximum Gasteiger partial charge on any atom is 0.409 e. The molecule has 0 fully saturated rings. The molecule has 0 saturated heterocycles. The second kappa shape index (κ2) is 9.06. The Morgan fingerprint density at radius 1 is 1.09 bits per heavy atom. The van der Waals surface area contributed by atoms with Crippen LogP contribution >= 0.6 is 0 Å². The fraction of sp³-hybridized carbons (Fsp3) is 0.0833. The zero-order valence-corrected chi connectivity index (χ0v) is 18.6. The van der Waals surface area contributed by atoms with Gasteiger partial charge in [0.1, 0.15) is 12.2 Å². The van der Waals surface area contributed by atoms with Gasteiger partial charge in [-0.05, 0) is 58.8 Å². The van der Waals surface area contributed by atoms with Crippen molar-refractivity contribution in [3.63, 3.8) is 0 Å². The van der Waals surface area contributed by atoms with Crippen LogP contribution in [0.15, 0.2) is 78.1 Å². The molecular weight excluding hydrogens is 448 g/mol. The number of benzene rings is 2. The van der Waals surface area contributed by atoms with Gasteiger partial charge in [0.15, 0.2) is 0 Å². The molecule has 0 aliphatic rings.